The van der Waals surface area contributed by atoms with Crippen LogP contribution in [0.5, 0.6) is 0 Å². The van der Waals surface area contributed by atoms with Crippen LogP contribution in [-0.4, -0.2) is 13.1 Å². The summed E-state index contributed by atoms with van der Waals surface area (Å²) in [6, 6.07) is 36.5. The Balaban J connectivity index is 0.000000927. The van der Waals surface area contributed by atoms with E-state index in [-0.39, 0.29) is 43.1 Å². The molecule has 0 saturated carbocycles. The van der Waals surface area contributed by atoms with Crippen LogP contribution in [-0.2, 0) is 34.2 Å². The van der Waals surface area contributed by atoms with Crippen molar-refractivity contribution in [3.05, 3.63) is 145 Å². The topological polar surface area (TPSA) is 0 Å². The van der Waals surface area contributed by atoms with E-state index in [0.717, 1.165) is 0 Å². The van der Waals surface area contributed by atoms with E-state index in [0.29, 0.717) is 11.8 Å². The Labute approximate surface area is 385 Å². The summed E-state index contributed by atoms with van der Waals surface area (Å²) >= 11 is 1.36. The van der Waals surface area contributed by atoms with E-state index >= 15 is 0 Å². The first-order valence-corrected chi connectivity index (χ1v) is 24.1. The normalized spacial score (nSPS) is 12.2. The van der Waals surface area contributed by atoms with Crippen molar-refractivity contribution in [3.63, 3.8) is 0 Å². The second-order valence-corrected chi connectivity index (χ2v) is 17.1. The Hall–Kier alpha value is -2.43. The minimum absolute atomic E-state index is 0. The summed E-state index contributed by atoms with van der Waals surface area (Å²) in [5.41, 5.74) is 14.4. The molecule has 0 aliphatic rings. The third kappa shape index (κ3) is 14.6. The molecule has 0 heterocycles. The van der Waals surface area contributed by atoms with Gasteiger partial charge < -0.3 is 14.4 Å². The summed E-state index contributed by atoms with van der Waals surface area (Å²) < 4.78 is 32.2. The van der Waals surface area contributed by atoms with Crippen LogP contribution in [0.3, 0.4) is 0 Å². The molecule has 0 aliphatic carbocycles. The fourth-order valence-corrected chi connectivity index (χ4v) is 7.51. The van der Waals surface area contributed by atoms with Crippen LogP contribution in [0.15, 0.2) is 97.1 Å². The van der Waals surface area contributed by atoms with Crippen molar-refractivity contribution < 1.29 is 36.5 Å². The third-order valence-corrected chi connectivity index (χ3v) is 11.1. The molecule has 0 aromatic heterocycles. The van der Waals surface area contributed by atoms with E-state index < -0.39 is 12.6 Å². The molecule has 322 valence electrons. The Bertz CT molecular complexity index is 2000. The van der Waals surface area contributed by atoms with Crippen molar-refractivity contribution in [2.75, 3.05) is 0 Å². The zero-order valence-electron chi connectivity index (χ0n) is 37.7. The van der Waals surface area contributed by atoms with Crippen molar-refractivity contribution in [1.82, 2.24) is 0 Å². The van der Waals surface area contributed by atoms with Gasteiger partial charge in [-0.3, -0.25) is 0 Å². The molecular weight excluding hydrogens is 872 g/mol. The SMILES string of the molecule is CCC(C)c1ccc(-c2cccc3[cH-]c(C(C)(C)C)c(C)c23)cc1.CCC(C)c1ccc(-c2cccc3[cH-]c(C(C)(C)C)c(C)c23)cc1.Cl.Cl.[CH2-]CC(F)(F)F.[CH3-].[Si]=[Zr]. The molecule has 0 spiro atoms. The number of hydrogen-bond acceptors (Lipinski definition) is 0. The maximum absolute atomic E-state index is 10.7. The number of benzene rings is 4. The molecule has 0 amide bonds. The number of hydrogen-bond donors (Lipinski definition) is 0. The molecule has 6 aromatic carbocycles. The van der Waals surface area contributed by atoms with Crippen LogP contribution >= 0.6 is 24.8 Å². The number of halogens is 5. The Morgan fingerprint density at radius 1 is 0.593 bits per heavy atom. The molecule has 0 nitrogen and oxygen atoms in total. The van der Waals surface area contributed by atoms with E-state index in [9.17, 15) is 13.2 Å². The van der Waals surface area contributed by atoms with Gasteiger partial charge in [0, 0.05) is 0 Å². The van der Waals surface area contributed by atoms with E-state index in [1.165, 1.54) is 113 Å². The summed E-state index contributed by atoms with van der Waals surface area (Å²) in [5, 5.41) is 5.55. The molecule has 2 radical (unpaired) electrons. The molecule has 6 rings (SSSR count). The first-order valence-electron chi connectivity index (χ1n) is 19.9. The van der Waals surface area contributed by atoms with Crippen molar-refractivity contribution >= 4 is 53.2 Å². The molecule has 2 atom stereocenters. The summed E-state index contributed by atoms with van der Waals surface area (Å²) in [7, 11) is 0. The predicted octanol–water partition coefficient (Wildman–Crippen LogP) is 17.4. The standard InChI is InChI=1S/2C24H29.C3H4F3.CH3.2ClH.Si.Zr/c2*1-7-16(2)18-11-13-19(14-12-18)21-10-8-9-20-15-22(24(4,5)6)17(3)23(20)21;1-2-3(4,5)6;;;;;/h2*8-16H,7H2,1-6H3;1-2H2;1H3;2*1H;;/q4*-1;;;;. The van der Waals surface area contributed by atoms with Crippen LogP contribution in [0, 0.1) is 28.2 Å². The number of rotatable bonds is 6. The molecule has 6 aromatic rings. The van der Waals surface area contributed by atoms with Gasteiger partial charge in [0.2, 0.25) is 0 Å². The zero-order chi connectivity index (χ0) is 42.2. The number of aryl methyl sites for hydroxylation is 2. The molecule has 0 aliphatic heterocycles. The second kappa shape index (κ2) is 24.3. The van der Waals surface area contributed by atoms with Gasteiger partial charge in [0.15, 0.2) is 0 Å². The Morgan fingerprint density at radius 3 is 1.12 bits per heavy atom. The van der Waals surface area contributed by atoms with Gasteiger partial charge in [0.05, 0.1) is 0 Å². The summed E-state index contributed by atoms with van der Waals surface area (Å²) in [6.45, 7) is 33.2. The van der Waals surface area contributed by atoms with Gasteiger partial charge in [-0.2, -0.15) is 24.3 Å². The zero-order valence-corrected chi connectivity index (χ0v) is 42.8. The molecule has 59 heavy (non-hydrogen) atoms. The van der Waals surface area contributed by atoms with Gasteiger partial charge in [-0.25, -0.2) is 0 Å². The van der Waals surface area contributed by atoms with E-state index in [1.54, 1.807) is 0 Å². The minimum atomic E-state index is -4.07. The quantitative estimate of drug-likeness (QED) is 0.115. The van der Waals surface area contributed by atoms with Crippen molar-refractivity contribution in [2.45, 2.75) is 131 Å². The molecule has 0 fully saturated rings. The third-order valence-electron chi connectivity index (χ3n) is 11.1. The van der Waals surface area contributed by atoms with Crippen LogP contribution in [0.4, 0.5) is 13.2 Å². The van der Waals surface area contributed by atoms with Crippen LogP contribution in [0.2, 0.25) is 0 Å². The summed E-state index contributed by atoms with van der Waals surface area (Å²) in [6.07, 6.45) is -2.68. The molecule has 0 bridgehead atoms. The van der Waals surface area contributed by atoms with Crippen LogP contribution in [0.25, 0.3) is 43.8 Å². The van der Waals surface area contributed by atoms with Gasteiger partial charge in [0.25, 0.3) is 0 Å². The average Bonchev–Trinajstić information content (AvgIpc) is 3.72. The van der Waals surface area contributed by atoms with Gasteiger partial charge in [0.1, 0.15) is 0 Å². The van der Waals surface area contributed by atoms with E-state index in [4.69, 9.17) is 0 Å². The predicted molar refractivity (Wildman–Crippen MR) is 257 cm³/mol. The van der Waals surface area contributed by atoms with Crippen molar-refractivity contribution in [2.24, 2.45) is 0 Å². The Morgan fingerprint density at radius 2 is 0.881 bits per heavy atom. The molecule has 7 heteroatoms. The molecule has 0 N–H and O–H groups in total. The van der Waals surface area contributed by atoms with Crippen LogP contribution < -0.4 is 0 Å². The number of alkyl halides is 3. The van der Waals surface area contributed by atoms with Crippen LogP contribution in [0.1, 0.15) is 134 Å². The Kier molecular flexibility index (Phi) is 23.3. The van der Waals surface area contributed by atoms with E-state index in [2.05, 4.69) is 194 Å². The van der Waals surface area contributed by atoms with Crippen molar-refractivity contribution in [1.29, 1.82) is 0 Å². The molecule has 0 saturated heterocycles. The van der Waals surface area contributed by atoms with Gasteiger partial charge in [-0.1, -0.05) is 161 Å². The summed E-state index contributed by atoms with van der Waals surface area (Å²) in [5.74, 6) is 1.26. The monoisotopic (exact) mass is 936 g/mol. The van der Waals surface area contributed by atoms with Gasteiger partial charge >= 0.3 is 36.4 Å². The maximum atomic E-state index is 10.7. The fourth-order valence-electron chi connectivity index (χ4n) is 7.51. The van der Waals surface area contributed by atoms with Gasteiger partial charge in [-0.05, 0) is 57.8 Å². The average molecular weight is 939 g/mol. The van der Waals surface area contributed by atoms with Gasteiger partial charge in [-0.15, -0.1) is 93.9 Å². The molecular formula is C52H67Cl2F3SiZr-4. The second-order valence-electron chi connectivity index (χ2n) is 17.1. The first-order chi connectivity index (χ1) is 26.2. The fraction of sp³-hybridized carbons (Fsp3) is 0.385. The van der Waals surface area contributed by atoms with Crippen molar-refractivity contribution in [3.8, 4) is 22.3 Å². The number of fused-ring (bicyclic) bond motifs is 2. The summed E-state index contributed by atoms with van der Waals surface area (Å²) in [4.78, 5) is 0. The molecule has 2 unspecified atom stereocenters. The van der Waals surface area contributed by atoms with E-state index in [1.807, 2.05) is 0 Å². The first kappa shape index (κ1) is 56.6.